The normalized spacial score (nSPS) is 17.0. The monoisotopic (exact) mass is 293 g/mol. The van der Waals surface area contributed by atoms with Gasteiger partial charge in [0.15, 0.2) is 0 Å². The number of rotatable bonds is 3. The van der Waals surface area contributed by atoms with Gasteiger partial charge in [0.2, 0.25) is 0 Å². The van der Waals surface area contributed by atoms with Crippen LogP contribution >= 0.6 is 12.2 Å². The first kappa shape index (κ1) is 14.8. The Morgan fingerprint density at radius 3 is 2.45 bits per heavy atom. The average Bonchev–Trinajstić information content (AvgIpc) is 2.47. The van der Waals surface area contributed by atoms with Crippen molar-refractivity contribution in [2.75, 3.05) is 26.2 Å². The highest BCUT2D eigenvalue weighted by molar-refractivity contribution is 7.80. The fraction of sp³-hybridized carbons (Fsp3) is 0.538. The van der Waals surface area contributed by atoms with Gasteiger partial charge in [-0.15, -0.1) is 0 Å². The van der Waals surface area contributed by atoms with Crippen LogP contribution in [0.1, 0.15) is 24.3 Å². The minimum atomic E-state index is -0.322. The molecule has 7 heteroatoms. The maximum absolute atomic E-state index is 12.2. The van der Waals surface area contributed by atoms with Crippen molar-refractivity contribution in [3.8, 4) is 0 Å². The number of thiocarbonyl (C=S) groups is 1. The molecule has 108 valence electrons. The van der Waals surface area contributed by atoms with Crippen molar-refractivity contribution in [3.63, 3.8) is 0 Å². The highest BCUT2D eigenvalue weighted by Gasteiger charge is 2.33. The van der Waals surface area contributed by atoms with Crippen LogP contribution in [0.15, 0.2) is 18.6 Å². The third-order valence-electron chi connectivity index (χ3n) is 3.74. The number of carbonyl (C=O) groups is 1. The zero-order valence-electron chi connectivity index (χ0n) is 11.7. The lowest BCUT2D eigenvalue weighted by molar-refractivity contribution is 0.0534. The van der Waals surface area contributed by atoms with E-state index in [2.05, 4.69) is 14.9 Å². The largest absolute Gasteiger partial charge is 0.392 e. The Bertz CT molecular complexity index is 497. The first-order valence-electron chi connectivity index (χ1n) is 6.53. The number of nitrogens with zero attached hydrogens (tertiary/aromatic N) is 4. The number of amides is 1. The zero-order chi connectivity index (χ0) is 14.8. The summed E-state index contributed by atoms with van der Waals surface area (Å²) in [5.74, 6) is -0.0779. The second-order valence-corrected chi connectivity index (χ2v) is 5.73. The van der Waals surface area contributed by atoms with Crippen LogP contribution in [0, 0.1) is 0 Å². The number of nitrogens with two attached hydrogens (primary N) is 1. The first-order chi connectivity index (χ1) is 9.43. The lowest BCUT2D eigenvalue weighted by Crippen LogP contribution is -2.59. The molecule has 20 heavy (non-hydrogen) atoms. The van der Waals surface area contributed by atoms with E-state index < -0.39 is 0 Å². The number of hydrogen-bond acceptors (Lipinski definition) is 5. The van der Waals surface area contributed by atoms with Crippen molar-refractivity contribution in [1.29, 1.82) is 0 Å². The van der Waals surface area contributed by atoms with Crippen LogP contribution in [0.5, 0.6) is 0 Å². The fourth-order valence-electron chi connectivity index (χ4n) is 2.20. The molecular formula is C13H19N5OS. The smallest absolute Gasteiger partial charge is 0.274 e. The van der Waals surface area contributed by atoms with Crippen molar-refractivity contribution < 1.29 is 4.79 Å². The minimum Gasteiger partial charge on any atom is -0.392 e. The predicted octanol–water partition coefficient (Wildman–Crippen LogP) is 0.299. The second-order valence-electron chi connectivity index (χ2n) is 5.29. The molecule has 1 aromatic rings. The van der Waals surface area contributed by atoms with Crippen molar-refractivity contribution >= 4 is 23.1 Å². The van der Waals surface area contributed by atoms with Gasteiger partial charge in [-0.3, -0.25) is 14.7 Å². The third-order valence-corrected chi connectivity index (χ3v) is 4.24. The molecule has 0 aliphatic carbocycles. The van der Waals surface area contributed by atoms with Gasteiger partial charge >= 0.3 is 0 Å². The summed E-state index contributed by atoms with van der Waals surface area (Å²) in [6, 6.07) is 0. The molecule has 0 bridgehead atoms. The van der Waals surface area contributed by atoms with Crippen LogP contribution in [0.3, 0.4) is 0 Å². The summed E-state index contributed by atoms with van der Waals surface area (Å²) >= 11 is 5.11. The summed E-state index contributed by atoms with van der Waals surface area (Å²) in [4.78, 5) is 24.7. The van der Waals surface area contributed by atoms with Gasteiger partial charge in [0.25, 0.3) is 5.91 Å². The van der Waals surface area contributed by atoms with Crippen molar-refractivity contribution in [2.45, 2.75) is 19.4 Å². The molecule has 1 aliphatic heterocycles. The zero-order valence-corrected chi connectivity index (χ0v) is 12.6. The van der Waals surface area contributed by atoms with Gasteiger partial charge < -0.3 is 10.6 Å². The van der Waals surface area contributed by atoms with Gasteiger partial charge in [-0.25, -0.2) is 4.98 Å². The summed E-state index contributed by atoms with van der Waals surface area (Å²) in [5.41, 5.74) is 5.84. The van der Waals surface area contributed by atoms with E-state index in [9.17, 15) is 4.79 Å². The quantitative estimate of drug-likeness (QED) is 0.808. The van der Waals surface area contributed by atoms with E-state index >= 15 is 0 Å². The molecule has 2 heterocycles. The highest BCUT2D eigenvalue weighted by Crippen LogP contribution is 2.18. The summed E-state index contributed by atoms with van der Waals surface area (Å²) < 4.78 is 0. The lowest BCUT2D eigenvalue weighted by Gasteiger charge is -2.43. The second kappa shape index (κ2) is 5.80. The average molecular weight is 293 g/mol. The van der Waals surface area contributed by atoms with Crippen LogP contribution in [0.2, 0.25) is 0 Å². The fourth-order valence-corrected chi connectivity index (χ4v) is 2.33. The molecule has 0 saturated carbocycles. The number of hydrogen-bond donors (Lipinski definition) is 1. The molecule has 0 radical (unpaired) electrons. The van der Waals surface area contributed by atoms with E-state index in [1.165, 1.54) is 12.4 Å². The Hall–Kier alpha value is -1.60. The van der Waals surface area contributed by atoms with E-state index in [1.54, 1.807) is 11.1 Å². The van der Waals surface area contributed by atoms with E-state index in [-0.39, 0.29) is 11.4 Å². The molecule has 2 rings (SSSR count). The molecule has 1 saturated heterocycles. The lowest BCUT2D eigenvalue weighted by atomic mass is 10.0. The minimum absolute atomic E-state index is 0.0779. The summed E-state index contributed by atoms with van der Waals surface area (Å²) in [6.07, 6.45) is 4.58. The molecule has 0 aromatic carbocycles. The highest BCUT2D eigenvalue weighted by atomic mass is 32.1. The van der Waals surface area contributed by atoms with Crippen molar-refractivity contribution in [2.24, 2.45) is 5.73 Å². The van der Waals surface area contributed by atoms with E-state index in [4.69, 9.17) is 18.0 Å². The Kier molecular flexibility index (Phi) is 4.29. The molecule has 1 aromatic heterocycles. The first-order valence-corrected chi connectivity index (χ1v) is 6.94. The summed E-state index contributed by atoms with van der Waals surface area (Å²) in [6.45, 7) is 6.79. The van der Waals surface area contributed by atoms with Gasteiger partial charge in [-0.1, -0.05) is 12.2 Å². The molecule has 0 spiro atoms. The van der Waals surface area contributed by atoms with Crippen LogP contribution < -0.4 is 5.73 Å². The maximum atomic E-state index is 12.2. The number of piperazine rings is 1. The molecule has 2 N–H and O–H groups in total. The Morgan fingerprint density at radius 2 is 1.95 bits per heavy atom. The SMILES string of the molecule is CC(C)(C(N)=S)N1CCN(C(=O)c2cnccn2)CC1. The van der Waals surface area contributed by atoms with Crippen LogP contribution in [-0.4, -0.2) is 62.4 Å². The molecule has 0 unspecified atom stereocenters. The Morgan fingerprint density at radius 1 is 1.30 bits per heavy atom. The topological polar surface area (TPSA) is 75.3 Å². The number of aromatic nitrogens is 2. The molecule has 1 aliphatic rings. The standard InChI is InChI=1S/C13H19N5OS/c1-13(2,12(14)20)18-7-5-17(6-8-18)11(19)10-9-15-3-4-16-10/h3-4,9H,5-8H2,1-2H3,(H2,14,20). The number of carbonyl (C=O) groups excluding carboxylic acids is 1. The molecular weight excluding hydrogens is 274 g/mol. The van der Waals surface area contributed by atoms with Crippen molar-refractivity contribution in [1.82, 2.24) is 19.8 Å². The van der Waals surface area contributed by atoms with Crippen LogP contribution in [-0.2, 0) is 0 Å². The Balaban J connectivity index is 1.98. The van der Waals surface area contributed by atoms with Crippen LogP contribution in [0.4, 0.5) is 0 Å². The maximum Gasteiger partial charge on any atom is 0.274 e. The van der Waals surface area contributed by atoms with Gasteiger partial charge in [0.1, 0.15) is 5.69 Å². The molecule has 6 nitrogen and oxygen atoms in total. The van der Waals surface area contributed by atoms with Crippen molar-refractivity contribution in [3.05, 3.63) is 24.3 Å². The van der Waals surface area contributed by atoms with E-state index in [0.717, 1.165) is 13.1 Å². The summed E-state index contributed by atoms with van der Waals surface area (Å²) in [5, 5.41) is 0. The molecule has 0 atom stereocenters. The molecule has 1 fully saturated rings. The molecule has 1 amide bonds. The van der Waals surface area contributed by atoms with E-state index in [0.29, 0.717) is 23.8 Å². The Labute approximate surface area is 124 Å². The van der Waals surface area contributed by atoms with Gasteiger partial charge in [0.05, 0.1) is 16.7 Å². The van der Waals surface area contributed by atoms with Crippen LogP contribution in [0.25, 0.3) is 0 Å². The third kappa shape index (κ3) is 2.94. The summed E-state index contributed by atoms with van der Waals surface area (Å²) in [7, 11) is 0. The van der Waals surface area contributed by atoms with E-state index in [1.807, 2.05) is 13.8 Å². The van der Waals surface area contributed by atoms with Gasteiger partial charge in [-0.2, -0.15) is 0 Å². The predicted molar refractivity (Wildman–Crippen MR) is 80.4 cm³/mol. The van der Waals surface area contributed by atoms with Gasteiger partial charge in [-0.05, 0) is 13.8 Å². The van der Waals surface area contributed by atoms with Gasteiger partial charge in [0, 0.05) is 38.6 Å².